The van der Waals surface area contributed by atoms with E-state index < -0.39 is 5.97 Å². The highest BCUT2D eigenvalue weighted by atomic mass is 35.5. The molecule has 1 amide bonds. The number of benzene rings is 1. The Bertz CT molecular complexity index is 983. The van der Waals surface area contributed by atoms with Gasteiger partial charge in [-0.05, 0) is 42.2 Å². The zero-order chi connectivity index (χ0) is 21.0. The average Bonchev–Trinajstić information content (AvgIpc) is 3.09. The molecule has 2 aliphatic rings. The molecule has 1 saturated carbocycles. The molecule has 1 saturated heterocycles. The van der Waals surface area contributed by atoms with Crippen LogP contribution >= 0.6 is 11.6 Å². The highest BCUT2D eigenvalue weighted by molar-refractivity contribution is 6.37. The van der Waals surface area contributed by atoms with Gasteiger partial charge in [-0.15, -0.1) is 0 Å². The molecule has 1 aliphatic heterocycles. The van der Waals surface area contributed by atoms with E-state index in [0.717, 1.165) is 19.4 Å². The first kappa shape index (κ1) is 20.2. The van der Waals surface area contributed by atoms with Gasteiger partial charge in [-0.2, -0.15) is 0 Å². The first-order valence-electron chi connectivity index (χ1n) is 10.0. The van der Waals surface area contributed by atoms with Crippen LogP contribution in [-0.4, -0.2) is 48.0 Å². The number of methoxy groups -OCH3 is 1. The van der Waals surface area contributed by atoms with Crippen molar-refractivity contribution in [1.82, 2.24) is 9.88 Å². The molecule has 2 N–H and O–H groups in total. The Morgan fingerprint density at radius 3 is 2.79 bits per heavy atom. The number of halogens is 1. The fourth-order valence-electron chi connectivity index (χ4n) is 5.71. The van der Waals surface area contributed by atoms with Crippen molar-refractivity contribution in [2.24, 2.45) is 10.8 Å². The highest BCUT2D eigenvalue weighted by Gasteiger charge is 2.49. The van der Waals surface area contributed by atoms with Crippen LogP contribution in [0.1, 0.15) is 50.5 Å². The van der Waals surface area contributed by atoms with Gasteiger partial charge in [0.15, 0.2) is 0 Å². The number of aromatic amines is 1. The Morgan fingerprint density at radius 1 is 1.31 bits per heavy atom. The van der Waals surface area contributed by atoms with Gasteiger partial charge in [0.2, 0.25) is 5.91 Å². The van der Waals surface area contributed by atoms with Crippen molar-refractivity contribution in [3.63, 3.8) is 0 Å². The molecule has 7 heteroatoms. The van der Waals surface area contributed by atoms with Crippen molar-refractivity contribution < 1.29 is 14.3 Å². The van der Waals surface area contributed by atoms with Gasteiger partial charge in [0.25, 0.3) is 0 Å². The van der Waals surface area contributed by atoms with Gasteiger partial charge in [-0.3, -0.25) is 9.69 Å². The minimum absolute atomic E-state index is 0.148. The van der Waals surface area contributed by atoms with Crippen LogP contribution in [0.4, 0.5) is 5.69 Å². The molecule has 0 spiro atoms. The fourth-order valence-corrected chi connectivity index (χ4v) is 5.98. The molecule has 156 valence electrons. The van der Waals surface area contributed by atoms with E-state index in [-0.39, 0.29) is 17.0 Å². The van der Waals surface area contributed by atoms with E-state index >= 15 is 0 Å². The molecule has 4 rings (SSSR count). The van der Waals surface area contributed by atoms with Crippen molar-refractivity contribution in [2.45, 2.75) is 46.1 Å². The molecule has 2 atom stereocenters. The fraction of sp³-hybridized carbons (Fsp3) is 0.545. The normalized spacial score (nSPS) is 25.9. The van der Waals surface area contributed by atoms with E-state index in [1.807, 2.05) is 6.07 Å². The summed E-state index contributed by atoms with van der Waals surface area (Å²) >= 11 is 6.37. The van der Waals surface area contributed by atoms with Gasteiger partial charge in [0.1, 0.15) is 5.69 Å². The quantitative estimate of drug-likeness (QED) is 0.721. The molecule has 0 unspecified atom stereocenters. The maximum absolute atomic E-state index is 13.0. The number of carbonyl (C=O) groups excluding carboxylic acids is 2. The first-order valence-corrected chi connectivity index (χ1v) is 10.4. The van der Waals surface area contributed by atoms with Crippen LogP contribution in [0, 0.1) is 10.8 Å². The topological polar surface area (TPSA) is 74.4 Å². The second-order valence-electron chi connectivity index (χ2n) is 9.70. The Kier molecular flexibility index (Phi) is 4.90. The number of esters is 1. The number of carbonyl (C=O) groups is 2. The molecule has 6 nitrogen and oxygen atoms in total. The Hall–Kier alpha value is -2.05. The summed E-state index contributed by atoms with van der Waals surface area (Å²) in [5.74, 6) is -0.691. The van der Waals surface area contributed by atoms with Crippen LogP contribution in [0.15, 0.2) is 18.2 Å². The summed E-state index contributed by atoms with van der Waals surface area (Å²) in [5, 5.41) is 4.02. The van der Waals surface area contributed by atoms with E-state index in [1.54, 1.807) is 12.1 Å². The average molecular weight is 418 g/mol. The molecule has 1 aromatic carbocycles. The number of H-pyrrole nitrogens is 1. The molecule has 1 aromatic heterocycles. The van der Waals surface area contributed by atoms with Gasteiger partial charge in [0, 0.05) is 23.5 Å². The summed E-state index contributed by atoms with van der Waals surface area (Å²) < 4.78 is 4.88. The van der Waals surface area contributed by atoms with Crippen molar-refractivity contribution in [2.75, 3.05) is 25.5 Å². The van der Waals surface area contributed by atoms with E-state index in [4.69, 9.17) is 16.3 Å². The van der Waals surface area contributed by atoms with Crippen molar-refractivity contribution >= 4 is 40.1 Å². The van der Waals surface area contributed by atoms with Gasteiger partial charge in [0.05, 0.1) is 24.4 Å². The number of likely N-dealkylation sites (tertiary alicyclic amines) is 1. The smallest absolute Gasteiger partial charge is 0.356 e. The number of fused-ring (bicyclic) bond motifs is 3. The molecule has 2 heterocycles. The Balaban J connectivity index is 1.58. The minimum Gasteiger partial charge on any atom is -0.464 e. The van der Waals surface area contributed by atoms with Crippen molar-refractivity contribution in [3.05, 3.63) is 28.9 Å². The lowest BCUT2D eigenvalue weighted by Gasteiger charge is -2.39. The number of hydrogen-bond acceptors (Lipinski definition) is 4. The summed E-state index contributed by atoms with van der Waals surface area (Å²) in [7, 11) is 1.31. The lowest BCUT2D eigenvalue weighted by molar-refractivity contribution is -0.117. The Labute approximate surface area is 175 Å². The van der Waals surface area contributed by atoms with Gasteiger partial charge in [-0.1, -0.05) is 38.4 Å². The number of aromatic nitrogens is 1. The first-order chi connectivity index (χ1) is 13.6. The lowest BCUT2D eigenvalue weighted by atomic mass is 9.65. The monoisotopic (exact) mass is 417 g/mol. The van der Waals surface area contributed by atoms with Crippen molar-refractivity contribution in [1.29, 1.82) is 0 Å². The summed E-state index contributed by atoms with van der Waals surface area (Å²) in [4.78, 5) is 30.5. The molecular formula is C22H28ClN3O3. The third-order valence-corrected chi connectivity index (χ3v) is 6.61. The van der Waals surface area contributed by atoms with Crippen LogP contribution in [0.25, 0.3) is 10.9 Å². The van der Waals surface area contributed by atoms with Gasteiger partial charge in [-0.25, -0.2) is 4.79 Å². The highest BCUT2D eigenvalue weighted by Crippen LogP contribution is 2.52. The molecule has 1 aliphatic carbocycles. The molecule has 29 heavy (non-hydrogen) atoms. The summed E-state index contributed by atoms with van der Waals surface area (Å²) in [5.41, 5.74) is 1.83. The number of nitrogens with zero attached hydrogens (tertiary/aromatic N) is 1. The number of anilines is 1. The van der Waals surface area contributed by atoms with Crippen LogP contribution in [-0.2, 0) is 9.53 Å². The zero-order valence-corrected chi connectivity index (χ0v) is 18.2. The molecule has 2 aromatic rings. The third-order valence-electron chi connectivity index (χ3n) is 6.30. The van der Waals surface area contributed by atoms with Gasteiger partial charge < -0.3 is 15.0 Å². The SMILES string of the molecule is COC(=O)c1[nH]c2cccc(Cl)c2c1NC(=O)CN1C[C@@]2(C)C[C@@H]1CC(C)(C)C2. The van der Waals surface area contributed by atoms with Crippen LogP contribution < -0.4 is 5.32 Å². The molecule has 2 fully saturated rings. The predicted octanol–water partition coefficient (Wildman–Crippen LogP) is 4.45. The van der Waals surface area contributed by atoms with Crippen LogP contribution in [0.2, 0.25) is 5.02 Å². The minimum atomic E-state index is -0.543. The third kappa shape index (κ3) is 3.76. The van der Waals surface area contributed by atoms with Crippen LogP contribution in [0.5, 0.6) is 0 Å². The van der Waals surface area contributed by atoms with E-state index in [0.29, 0.717) is 39.6 Å². The van der Waals surface area contributed by atoms with Gasteiger partial charge >= 0.3 is 5.97 Å². The molecule has 0 radical (unpaired) electrons. The second-order valence-corrected chi connectivity index (χ2v) is 10.1. The number of hydrogen-bond donors (Lipinski definition) is 2. The van der Waals surface area contributed by atoms with E-state index in [9.17, 15) is 9.59 Å². The largest absolute Gasteiger partial charge is 0.464 e. The van der Waals surface area contributed by atoms with E-state index in [1.165, 1.54) is 13.5 Å². The number of ether oxygens (including phenoxy) is 1. The molecule has 2 bridgehead atoms. The predicted molar refractivity (Wildman–Crippen MR) is 114 cm³/mol. The second kappa shape index (κ2) is 7.03. The maximum atomic E-state index is 13.0. The summed E-state index contributed by atoms with van der Waals surface area (Å²) in [6, 6.07) is 5.76. The summed E-state index contributed by atoms with van der Waals surface area (Å²) in [6.45, 7) is 8.18. The maximum Gasteiger partial charge on any atom is 0.356 e. The Morgan fingerprint density at radius 2 is 2.07 bits per heavy atom. The molecular weight excluding hydrogens is 390 g/mol. The zero-order valence-electron chi connectivity index (χ0n) is 17.4. The lowest BCUT2D eigenvalue weighted by Crippen LogP contribution is -2.38. The van der Waals surface area contributed by atoms with Crippen molar-refractivity contribution in [3.8, 4) is 0 Å². The number of amides is 1. The summed E-state index contributed by atoms with van der Waals surface area (Å²) in [6.07, 6.45) is 3.41. The number of nitrogens with one attached hydrogen (secondary N) is 2. The number of rotatable bonds is 4. The van der Waals surface area contributed by atoms with E-state index in [2.05, 4.69) is 36.0 Å². The van der Waals surface area contributed by atoms with Crippen LogP contribution in [0.3, 0.4) is 0 Å². The standard InChI is InChI=1S/C22H28ClN3O3/c1-21(2)8-13-9-22(3,11-21)12-26(13)10-16(27)25-18-17-14(23)6-5-7-15(17)24-19(18)20(28)29-4/h5-7,13,24H,8-12H2,1-4H3,(H,25,27)/t13-,22-/m0/s1.